The van der Waals surface area contributed by atoms with E-state index in [0.717, 1.165) is 5.69 Å². The van der Waals surface area contributed by atoms with Crippen LogP contribution in [0.2, 0.25) is 5.02 Å². The second kappa shape index (κ2) is 9.61. The van der Waals surface area contributed by atoms with Gasteiger partial charge in [0.1, 0.15) is 12.1 Å². The fourth-order valence-corrected chi connectivity index (χ4v) is 3.98. The molecule has 2 atom stereocenters. The molecule has 0 radical (unpaired) electrons. The SMILES string of the molecule is CC(C)(C)C(NC(=O)c1ccc(Nc2ccccc2)c(Cl)c1)C(=O)N1CCCC1C(=O)O. The lowest BCUT2D eigenvalue weighted by molar-refractivity contribution is -0.150. The number of rotatable bonds is 6. The van der Waals surface area contributed by atoms with Crippen LogP contribution in [0, 0.1) is 5.41 Å². The number of likely N-dealkylation sites (tertiary alicyclic amines) is 1. The average Bonchev–Trinajstić information content (AvgIpc) is 3.23. The molecular weight excluding hydrogens is 430 g/mol. The molecule has 0 aliphatic carbocycles. The first-order valence-corrected chi connectivity index (χ1v) is 10.9. The molecule has 32 heavy (non-hydrogen) atoms. The molecule has 1 fully saturated rings. The van der Waals surface area contributed by atoms with E-state index < -0.39 is 29.4 Å². The number of nitrogens with zero attached hydrogens (tertiary/aromatic N) is 1. The highest BCUT2D eigenvalue weighted by molar-refractivity contribution is 6.33. The van der Waals surface area contributed by atoms with Gasteiger partial charge in [0.15, 0.2) is 0 Å². The Labute approximate surface area is 192 Å². The summed E-state index contributed by atoms with van der Waals surface area (Å²) in [6, 6.07) is 12.7. The number of anilines is 2. The highest BCUT2D eigenvalue weighted by atomic mass is 35.5. The van der Waals surface area contributed by atoms with E-state index in [1.54, 1.807) is 18.2 Å². The number of amides is 2. The third-order valence-electron chi connectivity index (χ3n) is 5.49. The van der Waals surface area contributed by atoms with E-state index in [0.29, 0.717) is 35.7 Å². The molecule has 1 saturated heterocycles. The molecule has 1 heterocycles. The van der Waals surface area contributed by atoms with Gasteiger partial charge in [-0.2, -0.15) is 0 Å². The summed E-state index contributed by atoms with van der Waals surface area (Å²) < 4.78 is 0. The molecule has 7 nitrogen and oxygen atoms in total. The molecule has 0 aromatic heterocycles. The standard InChI is InChI=1S/C24H28ClN3O4/c1-24(2,3)20(22(30)28-13-7-10-19(28)23(31)32)27-21(29)15-11-12-18(17(25)14-15)26-16-8-5-4-6-9-16/h4-6,8-9,11-12,14,19-20,26H,7,10,13H2,1-3H3,(H,27,29)(H,31,32). The van der Waals surface area contributed by atoms with E-state index in [1.165, 1.54) is 4.90 Å². The molecule has 2 aromatic carbocycles. The summed E-state index contributed by atoms with van der Waals surface area (Å²) in [5.74, 6) is -1.86. The van der Waals surface area contributed by atoms with Crippen molar-refractivity contribution in [3.05, 3.63) is 59.1 Å². The Kier molecular flexibility index (Phi) is 7.09. The lowest BCUT2D eigenvalue weighted by Gasteiger charge is -2.34. The van der Waals surface area contributed by atoms with Crippen molar-refractivity contribution in [3.63, 3.8) is 0 Å². The summed E-state index contributed by atoms with van der Waals surface area (Å²) in [6.45, 7) is 5.87. The van der Waals surface area contributed by atoms with Crippen molar-refractivity contribution < 1.29 is 19.5 Å². The van der Waals surface area contributed by atoms with Gasteiger partial charge >= 0.3 is 5.97 Å². The van der Waals surface area contributed by atoms with Crippen LogP contribution in [0.1, 0.15) is 44.0 Å². The van der Waals surface area contributed by atoms with Crippen LogP contribution in [0.25, 0.3) is 0 Å². The maximum Gasteiger partial charge on any atom is 0.326 e. The molecule has 2 amide bonds. The van der Waals surface area contributed by atoms with Crippen molar-refractivity contribution in [3.8, 4) is 0 Å². The minimum atomic E-state index is -1.02. The molecule has 170 valence electrons. The monoisotopic (exact) mass is 457 g/mol. The lowest BCUT2D eigenvalue weighted by Crippen LogP contribution is -2.56. The maximum absolute atomic E-state index is 13.2. The van der Waals surface area contributed by atoms with Gasteiger partial charge in [-0.05, 0) is 48.6 Å². The number of aliphatic carboxylic acids is 1. The molecule has 3 N–H and O–H groups in total. The van der Waals surface area contributed by atoms with Gasteiger partial charge in [-0.3, -0.25) is 9.59 Å². The third-order valence-corrected chi connectivity index (χ3v) is 5.81. The molecule has 2 aromatic rings. The van der Waals surface area contributed by atoms with Crippen LogP contribution in [0.15, 0.2) is 48.5 Å². The first kappa shape index (κ1) is 23.6. The predicted molar refractivity (Wildman–Crippen MR) is 124 cm³/mol. The third kappa shape index (κ3) is 5.40. The van der Waals surface area contributed by atoms with Crippen LogP contribution in [0.3, 0.4) is 0 Å². The summed E-state index contributed by atoms with van der Waals surface area (Å²) in [6.07, 6.45) is 1.04. The van der Waals surface area contributed by atoms with E-state index in [2.05, 4.69) is 10.6 Å². The minimum absolute atomic E-state index is 0.312. The fraction of sp³-hybridized carbons (Fsp3) is 0.375. The number of hydrogen-bond acceptors (Lipinski definition) is 4. The van der Waals surface area contributed by atoms with Crippen molar-refractivity contribution in [2.24, 2.45) is 5.41 Å². The van der Waals surface area contributed by atoms with Crippen LogP contribution in [-0.2, 0) is 9.59 Å². The molecule has 0 bridgehead atoms. The molecular formula is C24H28ClN3O4. The maximum atomic E-state index is 13.2. The van der Waals surface area contributed by atoms with Gasteiger partial charge in [0, 0.05) is 17.8 Å². The molecule has 1 aliphatic rings. The summed E-state index contributed by atoms with van der Waals surface area (Å²) in [5, 5.41) is 15.8. The van der Waals surface area contributed by atoms with Gasteiger partial charge in [0.2, 0.25) is 5.91 Å². The van der Waals surface area contributed by atoms with E-state index in [-0.39, 0.29) is 5.91 Å². The molecule has 8 heteroatoms. The number of carbonyl (C=O) groups is 3. The lowest BCUT2D eigenvalue weighted by atomic mass is 9.85. The minimum Gasteiger partial charge on any atom is -0.480 e. The number of para-hydroxylation sites is 1. The normalized spacial score (nSPS) is 17.0. The fourth-order valence-electron chi connectivity index (χ4n) is 3.75. The molecule has 0 saturated carbocycles. The van der Waals surface area contributed by atoms with E-state index in [4.69, 9.17) is 11.6 Å². The Morgan fingerprint density at radius 3 is 2.41 bits per heavy atom. The Balaban J connectivity index is 1.77. The zero-order chi connectivity index (χ0) is 23.5. The van der Waals surface area contributed by atoms with E-state index in [1.807, 2.05) is 51.1 Å². The largest absolute Gasteiger partial charge is 0.480 e. The molecule has 1 aliphatic heterocycles. The Morgan fingerprint density at radius 2 is 1.81 bits per heavy atom. The van der Waals surface area contributed by atoms with Crippen molar-refractivity contribution in [2.45, 2.75) is 45.7 Å². The summed E-state index contributed by atoms with van der Waals surface area (Å²) >= 11 is 6.39. The number of hydrogen-bond donors (Lipinski definition) is 3. The summed E-state index contributed by atoms with van der Waals surface area (Å²) in [4.78, 5) is 39.1. The van der Waals surface area contributed by atoms with Gasteiger partial charge in [0.05, 0.1) is 10.7 Å². The van der Waals surface area contributed by atoms with Gasteiger partial charge in [-0.1, -0.05) is 50.6 Å². The second-order valence-electron chi connectivity index (χ2n) is 8.99. The highest BCUT2D eigenvalue weighted by Crippen LogP contribution is 2.28. The van der Waals surface area contributed by atoms with Crippen molar-refractivity contribution in [1.29, 1.82) is 0 Å². The van der Waals surface area contributed by atoms with Gasteiger partial charge in [-0.25, -0.2) is 4.79 Å². The van der Waals surface area contributed by atoms with Crippen molar-refractivity contribution >= 4 is 40.8 Å². The van der Waals surface area contributed by atoms with Crippen LogP contribution < -0.4 is 10.6 Å². The number of nitrogens with one attached hydrogen (secondary N) is 2. The van der Waals surface area contributed by atoms with Crippen molar-refractivity contribution in [2.75, 3.05) is 11.9 Å². The number of carboxylic acids is 1. The van der Waals surface area contributed by atoms with Crippen LogP contribution >= 0.6 is 11.6 Å². The molecule has 0 spiro atoms. The van der Waals surface area contributed by atoms with Crippen molar-refractivity contribution in [1.82, 2.24) is 10.2 Å². The van der Waals surface area contributed by atoms with Crippen LogP contribution in [0.4, 0.5) is 11.4 Å². The topological polar surface area (TPSA) is 98.7 Å². The zero-order valence-corrected chi connectivity index (χ0v) is 19.1. The zero-order valence-electron chi connectivity index (χ0n) is 18.4. The first-order valence-electron chi connectivity index (χ1n) is 10.5. The Bertz CT molecular complexity index is 1000. The second-order valence-corrected chi connectivity index (χ2v) is 9.39. The van der Waals surface area contributed by atoms with E-state index >= 15 is 0 Å². The van der Waals surface area contributed by atoms with Crippen LogP contribution in [0.5, 0.6) is 0 Å². The predicted octanol–water partition coefficient (Wildman–Crippen LogP) is 4.30. The number of benzene rings is 2. The Hall–Kier alpha value is -3.06. The van der Waals surface area contributed by atoms with Gasteiger partial charge < -0.3 is 20.6 Å². The summed E-state index contributed by atoms with van der Waals surface area (Å²) in [5.41, 5.74) is 1.21. The first-order chi connectivity index (χ1) is 15.1. The smallest absolute Gasteiger partial charge is 0.326 e. The van der Waals surface area contributed by atoms with Crippen LogP contribution in [-0.4, -0.2) is 46.4 Å². The average molecular weight is 458 g/mol. The summed E-state index contributed by atoms with van der Waals surface area (Å²) in [7, 11) is 0. The molecule has 3 rings (SSSR count). The Morgan fingerprint density at radius 1 is 1.12 bits per heavy atom. The van der Waals surface area contributed by atoms with Gasteiger partial charge in [0.25, 0.3) is 5.91 Å². The highest BCUT2D eigenvalue weighted by Gasteiger charge is 2.41. The quantitative estimate of drug-likeness (QED) is 0.600. The number of carboxylic acid groups (broad SMARTS) is 1. The van der Waals surface area contributed by atoms with E-state index in [9.17, 15) is 19.5 Å². The van der Waals surface area contributed by atoms with Gasteiger partial charge in [-0.15, -0.1) is 0 Å². The number of carbonyl (C=O) groups excluding carboxylic acids is 2. The number of halogens is 1. The molecule has 2 unspecified atom stereocenters.